The van der Waals surface area contributed by atoms with Crippen LogP contribution in [0.4, 0.5) is 10.1 Å². The zero-order chi connectivity index (χ0) is 24.5. The number of likely N-dealkylation sites (tertiary alicyclic amines) is 1. The molecule has 0 radical (unpaired) electrons. The predicted octanol–water partition coefficient (Wildman–Crippen LogP) is 2.63. The van der Waals surface area contributed by atoms with Gasteiger partial charge in [0, 0.05) is 36.7 Å². The minimum Gasteiger partial charge on any atom is -0.339 e. The van der Waals surface area contributed by atoms with Gasteiger partial charge in [-0.2, -0.15) is 0 Å². The number of nitro benzene ring substituents is 1. The molecule has 2 aromatic heterocycles. The molecular formula is C23H20FN7O4. The van der Waals surface area contributed by atoms with E-state index >= 15 is 0 Å². The predicted molar refractivity (Wildman–Crippen MR) is 122 cm³/mol. The molecule has 3 heterocycles. The van der Waals surface area contributed by atoms with Crippen LogP contribution >= 0.6 is 0 Å². The van der Waals surface area contributed by atoms with Gasteiger partial charge in [-0.25, -0.2) is 14.1 Å². The molecule has 0 saturated carbocycles. The first-order valence-corrected chi connectivity index (χ1v) is 11.0. The lowest BCUT2D eigenvalue weighted by molar-refractivity contribution is -0.384. The lowest BCUT2D eigenvalue weighted by Gasteiger charge is -2.31. The number of fused-ring (bicyclic) bond motifs is 1. The van der Waals surface area contributed by atoms with Gasteiger partial charge in [-0.15, -0.1) is 5.10 Å². The van der Waals surface area contributed by atoms with Crippen molar-refractivity contribution in [2.75, 3.05) is 13.1 Å². The number of aromatic nitrogens is 5. The van der Waals surface area contributed by atoms with Crippen LogP contribution in [-0.4, -0.2) is 53.8 Å². The second kappa shape index (κ2) is 9.05. The fourth-order valence-corrected chi connectivity index (χ4v) is 4.24. The highest BCUT2D eigenvalue weighted by atomic mass is 19.1. The van der Waals surface area contributed by atoms with Crippen LogP contribution in [0, 0.1) is 15.9 Å². The molecule has 0 atom stereocenters. The molecule has 2 aromatic carbocycles. The zero-order valence-electron chi connectivity index (χ0n) is 18.4. The monoisotopic (exact) mass is 477 g/mol. The van der Waals surface area contributed by atoms with Crippen molar-refractivity contribution >= 4 is 22.8 Å². The number of amides is 1. The van der Waals surface area contributed by atoms with E-state index in [0.717, 1.165) is 5.56 Å². The third-order valence-electron chi connectivity index (χ3n) is 6.11. The molecule has 11 nitrogen and oxygen atoms in total. The van der Waals surface area contributed by atoms with Crippen molar-refractivity contribution in [2.24, 2.45) is 0 Å². The van der Waals surface area contributed by atoms with Crippen molar-refractivity contribution in [1.82, 2.24) is 29.9 Å². The number of nitro groups is 1. The van der Waals surface area contributed by atoms with Crippen molar-refractivity contribution < 1.29 is 14.1 Å². The number of piperidine rings is 1. The van der Waals surface area contributed by atoms with Crippen molar-refractivity contribution in [3.8, 4) is 0 Å². The summed E-state index contributed by atoms with van der Waals surface area (Å²) >= 11 is 0. The summed E-state index contributed by atoms with van der Waals surface area (Å²) in [5.74, 6) is -0.210. The van der Waals surface area contributed by atoms with Crippen molar-refractivity contribution in [3.63, 3.8) is 0 Å². The van der Waals surface area contributed by atoms with Crippen LogP contribution < -0.4 is 5.56 Å². The third-order valence-corrected chi connectivity index (χ3v) is 6.11. The number of benzene rings is 2. The molecule has 0 unspecified atom stereocenters. The molecule has 1 fully saturated rings. The van der Waals surface area contributed by atoms with E-state index in [9.17, 15) is 24.1 Å². The van der Waals surface area contributed by atoms with Crippen molar-refractivity contribution in [2.45, 2.75) is 25.3 Å². The molecule has 1 aliphatic rings. The highest BCUT2D eigenvalue weighted by Gasteiger charge is 2.27. The number of hydrogen-bond acceptors (Lipinski definition) is 7. The molecule has 12 heteroatoms. The Balaban J connectivity index is 1.33. The maximum atomic E-state index is 13.2. The van der Waals surface area contributed by atoms with Gasteiger partial charge in [0.05, 0.1) is 11.5 Å². The topological polar surface area (TPSA) is 140 Å². The minimum atomic E-state index is -0.531. The minimum absolute atomic E-state index is 0.0876. The Kier molecular flexibility index (Phi) is 5.77. The number of nitrogens with zero attached hydrogens (tertiary/aromatic N) is 6. The summed E-state index contributed by atoms with van der Waals surface area (Å²) in [5.41, 5.74) is 0.977. The smallest absolute Gasteiger partial charge is 0.281 e. The van der Waals surface area contributed by atoms with Gasteiger partial charge in [-0.3, -0.25) is 19.7 Å². The Morgan fingerprint density at radius 3 is 2.63 bits per heavy atom. The number of nitrogens with one attached hydrogen (secondary N) is 1. The van der Waals surface area contributed by atoms with E-state index in [-0.39, 0.29) is 41.0 Å². The fraction of sp³-hybridized carbons (Fsp3) is 0.261. The summed E-state index contributed by atoms with van der Waals surface area (Å²) < 4.78 is 14.7. The summed E-state index contributed by atoms with van der Waals surface area (Å²) in [6.07, 6.45) is 1.13. The van der Waals surface area contributed by atoms with Gasteiger partial charge in [0.15, 0.2) is 11.2 Å². The van der Waals surface area contributed by atoms with Gasteiger partial charge in [0.1, 0.15) is 11.6 Å². The number of rotatable bonds is 5. The Morgan fingerprint density at radius 2 is 1.91 bits per heavy atom. The molecule has 0 bridgehead atoms. The quantitative estimate of drug-likeness (QED) is 0.344. The molecule has 178 valence electrons. The molecule has 1 N–H and O–H groups in total. The second-order valence-corrected chi connectivity index (χ2v) is 8.37. The van der Waals surface area contributed by atoms with Gasteiger partial charge >= 0.3 is 0 Å². The van der Waals surface area contributed by atoms with Crippen LogP contribution in [-0.2, 0) is 6.54 Å². The van der Waals surface area contributed by atoms with Gasteiger partial charge in [0.25, 0.3) is 17.2 Å². The van der Waals surface area contributed by atoms with Gasteiger partial charge in [-0.1, -0.05) is 23.4 Å². The number of halogens is 1. The van der Waals surface area contributed by atoms with E-state index in [2.05, 4.69) is 20.3 Å². The number of H-pyrrole nitrogens is 1. The number of carbonyl (C=O) groups excluding carboxylic acids is 1. The lowest BCUT2D eigenvalue weighted by Crippen LogP contribution is -2.38. The van der Waals surface area contributed by atoms with Crippen LogP contribution in [0.3, 0.4) is 0 Å². The van der Waals surface area contributed by atoms with Crippen molar-refractivity contribution in [3.05, 3.63) is 91.8 Å². The molecule has 5 rings (SSSR count). The Morgan fingerprint density at radius 1 is 1.17 bits per heavy atom. The van der Waals surface area contributed by atoms with E-state index in [1.54, 1.807) is 23.1 Å². The molecule has 4 aromatic rings. The third kappa shape index (κ3) is 4.50. The second-order valence-electron chi connectivity index (χ2n) is 8.37. The number of aromatic amines is 1. The average molecular weight is 477 g/mol. The molecular weight excluding hydrogens is 457 g/mol. The number of non-ortho nitro benzene ring substituents is 1. The summed E-state index contributed by atoms with van der Waals surface area (Å²) in [6.45, 7) is 1.12. The normalized spacial score (nSPS) is 14.4. The average Bonchev–Trinajstić information content (AvgIpc) is 3.28. The zero-order valence-corrected chi connectivity index (χ0v) is 18.4. The van der Waals surface area contributed by atoms with Gasteiger partial charge in [0.2, 0.25) is 0 Å². The largest absolute Gasteiger partial charge is 0.339 e. The SMILES string of the molecule is O=C(c1cccc([N+](=O)[O-])c1)N1CCC(c2nc3c(nnn3Cc3ccc(F)cc3)c(=O)[nH]2)CC1. The molecule has 0 aliphatic carbocycles. The first kappa shape index (κ1) is 22.3. The number of hydrogen-bond donors (Lipinski definition) is 1. The van der Waals surface area contributed by atoms with Crippen LogP contribution in [0.5, 0.6) is 0 Å². The maximum Gasteiger partial charge on any atom is 0.281 e. The first-order chi connectivity index (χ1) is 16.9. The highest BCUT2D eigenvalue weighted by Crippen LogP contribution is 2.27. The molecule has 1 amide bonds. The molecule has 1 aliphatic heterocycles. The molecule has 1 saturated heterocycles. The maximum absolute atomic E-state index is 13.2. The fourth-order valence-electron chi connectivity index (χ4n) is 4.24. The van der Waals surface area contributed by atoms with E-state index in [1.807, 2.05) is 0 Å². The molecule has 0 spiro atoms. The van der Waals surface area contributed by atoms with E-state index in [1.165, 1.54) is 35.0 Å². The Labute approximate surface area is 197 Å². The van der Waals surface area contributed by atoms with Crippen LogP contribution in [0.2, 0.25) is 0 Å². The Hall–Kier alpha value is -4.48. The van der Waals surface area contributed by atoms with Crippen LogP contribution in [0.15, 0.2) is 53.3 Å². The van der Waals surface area contributed by atoms with E-state index in [4.69, 9.17) is 0 Å². The summed E-state index contributed by atoms with van der Waals surface area (Å²) in [5, 5.41) is 19.0. The Bertz CT molecular complexity index is 1470. The van der Waals surface area contributed by atoms with Crippen molar-refractivity contribution in [1.29, 1.82) is 0 Å². The lowest BCUT2D eigenvalue weighted by atomic mass is 9.95. The number of carbonyl (C=O) groups is 1. The first-order valence-electron chi connectivity index (χ1n) is 11.0. The van der Waals surface area contributed by atoms with Crippen LogP contribution in [0.25, 0.3) is 11.2 Å². The summed E-state index contributed by atoms with van der Waals surface area (Å²) in [7, 11) is 0. The molecule has 35 heavy (non-hydrogen) atoms. The van der Waals surface area contributed by atoms with Gasteiger partial charge in [-0.05, 0) is 36.6 Å². The summed E-state index contributed by atoms with van der Waals surface area (Å²) in [6, 6.07) is 11.6. The standard InChI is InChI=1S/C23H20FN7O4/c24-17-6-4-14(5-7-17)13-30-21-19(27-28-30)22(32)26-20(25-21)15-8-10-29(11-9-15)23(33)16-2-1-3-18(12-16)31(34)35/h1-7,12,15H,8-11,13H2,(H,25,26,32). The van der Waals surface area contributed by atoms with E-state index < -0.39 is 10.5 Å². The van der Waals surface area contributed by atoms with E-state index in [0.29, 0.717) is 37.4 Å². The summed E-state index contributed by atoms with van der Waals surface area (Å²) in [4.78, 5) is 45.0. The van der Waals surface area contributed by atoms with Crippen LogP contribution in [0.1, 0.15) is 40.5 Å². The van der Waals surface area contributed by atoms with Gasteiger partial charge < -0.3 is 9.88 Å². The highest BCUT2D eigenvalue weighted by molar-refractivity contribution is 5.94.